The predicted molar refractivity (Wildman–Crippen MR) is 152 cm³/mol. The Bertz CT molecular complexity index is 1290. The minimum Gasteiger partial charge on any atom is -0.493 e. The van der Waals surface area contributed by atoms with Gasteiger partial charge in [-0.05, 0) is 75.1 Å². The molecule has 3 aromatic rings. The second kappa shape index (κ2) is 12.1. The van der Waals surface area contributed by atoms with E-state index in [0.29, 0.717) is 32.2 Å². The Morgan fingerprint density at radius 3 is 2.49 bits per heavy atom. The quantitative estimate of drug-likeness (QED) is 0.464. The van der Waals surface area contributed by atoms with Crippen LogP contribution in [0.15, 0.2) is 42.5 Å². The van der Waals surface area contributed by atoms with Crippen LogP contribution in [0.4, 0.5) is 4.79 Å². The van der Waals surface area contributed by atoms with Gasteiger partial charge in [-0.3, -0.25) is 9.69 Å². The van der Waals surface area contributed by atoms with E-state index in [9.17, 15) is 9.59 Å². The van der Waals surface area contributed by atoms with Crippen LogP contribution in [0, 0.1) is 19.8 Å². The summed E-state index contributed by atoms with van der Waals surface area (Å²) in [4.78, 5) is 34.7. The zero-order valence-corrected chi connectivity index (χ0v) is 23.4. The monoisotopic (exact) mass is 532 g/mol. The number of benzene rings is 2. The number of likely N-dealkylation sites (tertiary alicyclic amines) is 1. The van der Waals surface area contributed by atoms with Crippen molar-refractivity contribution in [3.63, 3.8) is 0 Å². The molecule has 0 radical (unpaired) electrons. The first-order valence-electron chi connectivity index (χ1n) is 14.1. The van der Waals surface area contributed by atoms with Crippen LogP contribution in [0.5, 0.6) is 5.75 Å². The fourth-order valence-corrected chi connectivity index (χ4v) is 5.63. The van der Waals surface area contributed by atoms with Gasteiger partial charge < -0.3 is 24.3 Å². The third kappa shape index (κ3) is 6.38. The second-order valence-corrected chi connectivity index (χ2v) is 10.8. The van der Waals surface area contributed by atoms with Crippen molar-refractivity contribution >= 4 is 22.9 Å². The number of hydrogen-bond acceptors (Lipinski definition) is 5. The lowest BCUT2D eigenvalue weighted by Crippen LogP contribution is -2.48. The van der Waals surface area contributed by atoms with Crippen LogP contribution in [0.3, 0.4) is 0 Å². The Labute approximate surface area is 230 Å². The Hall–Kier alpha value is -3.52. The molecular formula is C31H40N4O4. The standard InChI is InChI=1S/C31H40N4O4/c1-4-38-31(37)34-16-14-33(15-17-34)19-24-7-10-27(11-8-24)39-21-25-6-5-13-35(20-25)30(36)26-9-12-29-28(18-26)22(2)23(3)32-29/h7-12,18,25,32H,4-6,13-17,19-21H2,1-3H3/t25-/m0/s1. The van der Waals surface area contributed by atoms with Crippen LogP contribution < -0.4 is 4.74 Å². The summed E-state index contributed by atoms with van der Waals surface area (Å²) in [5, 5.41) is 1.12. The topological polar surface area (TPSA) is 78.1 Å². The van der Waals surface area contributed by atoms with Gasteiger partial charge in [-0.25, -0.2) is 4.79 Å². The molecule has 2 aliphatic rings. The maximum atomic E-state index is 13.3. The fraction of sp³-hybridized carbons (Fsp3) is 0.484. The predicted octanol–water partition coefficient (Wildman–Crippen LogP) is 4.99. The van der Waals surface area contributed by atoms with Crippen molar-refractivity contribution in [1.29, 1.82) is 0 Å². The average Bonchev–Trinajstić information content (AvgIpc) is 3.25. The van der Waals surface area contributed by atoms with Gasteiger partial charge in [0.1, 0.15) is 5.75 Å². The number of piperidine rings is 1. The van der Waals surface area contributed by atoms with E-state index in [2.05, 4.69) is 35.9 Å². The van der Waals surface area contributed by atoms with Crippen molar-refractivity contribution in [2.45, 2.75) is 40.2 Å². The summed E-state index contributed by atoms with van der Waals surface area (Å²) in [6.45, 7) is 12.4. The molecule has 1 N–H and O–H groups in total. The number of carbonyl (C=O) groups excluding carboxylic acids is 2. The van der Waals surface area contributed by atoms with E-state index < -0.39 is 0 Å². The van der Waals surface area contributed by atoms with E-state index in [0.717, 1.165) is 73.5 Å². The first kappa shape index (κ1) is 27.1. The van der Waals surface area contributed by atoms with Crippen LogP contribution >= 0.6 is 0 Å². The molecule has 2 saturated heterocycles. The molecule has 1 atom stereocenters. The lowest BCUT2D eigenvalue weighted by molar-refractivity contribution is 0.0633. The summed E-state index contributed by atoms with van der Waals surface area (Å²) < 4.78 is 11.3. The number of H-pyrrole nitrogens is 1. The van der Waals surface area contributed by atoms with Gasteiger partial charge >= 0.3 is 6.09 Å². The van der Waals surface area contributed by atoms with E-state index in [-0.39, 0.29) is 12.0 Å². The number of aryl methyl sites for hydroxylation is 2. The number of aromatic amines is 1. The van der Waals surface area contributed by atoms with Crippen molar-refractivity contribution in [2.75, 3.05) is 52.5 Å². The van der Waals surface area contributed by atoms with E-state index in [1.807, 2.05) is 42.2 Å². The molecule has 208 valence electrons. The molecule has 2 aromatic carbocycles. The molecule has 8 nitrogen and oxygen atoms in total. The highest BCUT2D eigenvalue weighted by Gasteiger charge is 2.26. The summed E-state index contributed by atoms with van der Waals surface area (Å²) in [7, 11) is 0. The van der Waals surface area contributed by atoms with Crippen LogP contribution in [0.2, 0.25) is 0 Å². The van der Waals surface area contributed by atoms with Gasteiger partial charge in [0, 0.05) is 73.9 Å². The van der Waals surface area contributed by atoms with Crippen molar-refractivity contribution in [3.8, 4) is 5.75 Å². The molecule has 0 saturated carbocycles. The molecule has 0 spiro atoms. The molecule has 2 aliphatic heterocycles. The number of piperazine rings is 1. The normalized spacial score (nSPS) is 18.4. The van der Waals surface area contributed by atoms with Gasteiger partial charge in [-0.15, -0.1) is 0 Å². The van der Waals surface area contributed by atoms with E-state index in [1.165, 1.54) is 11.1 Å². The highest BCUT2D eigenvalue weighted by atomic mass is 16.6. The molecule has 5 rings (SSSR count). The summed E-state index contributed by atoms with van der Waals surface area (Å²) >= 11 is 0. The Morgan fingerprint density at radius 1 is 0.974 bits per heavy atom. The number of rotatable bonds is 7. The van der Waals surface area contributed by atoms with Crippen molar-refractivity contribution in [2.24, 2.45) is 5.92 Å². The first-order chi connectivity index (χ1) is 18.9. The molecule has 2 fully saturated rings. The third-order valence-corrected chi connectivity index (χ3v) is 8.07. The van der Waals surface area contributed by atoms with Gasteiger partial charge in [-0.1, -0.05) is 12.1 Å². The van der Waals surface area contributed by atoms with Gasteiger partial charge in [0.15, 0.2) is 0 Å². The Kier molecular flexibility index (Phi) is 8.41. The molecule has 39 heavy (non-hydrogen) atoms. The summed E-state index contributed by atoms with van der Waals surface area (Å²) in [5.74, 6) is 1.28. The SMILES string of the molecule is CCOC(=O)N1CCN(Cc2ccc(OC[C@H]3CCCN(C(=O)c4ccc5[nH]c(C)c(C)c5c4)C3)cc2)CC1. The number of fused-ring (bicyclic) bond motifs is 1. The Morgan fingerprint density at radius 2 is 1.74 bits per heavy atom. The molecule has 1 aromatic heterocycles. The van der Waals surface area contributed by atoms with Gasteiger partial charge in [0.2, 0.25) is 0 Å². The van der Waals surface area contributed by atoms with Crippen LogP contribution in [0.1, 0.15) is 46.9 Å². The molecule has 0 bridgehead atoms. The molecule has 8 heteroatoms. The number of aromatic nitrogens is 1. The van der Waals surface area contributed by atoms with Crippen LogP contribution in [-0.4, -0.2) is 84.2 Å². The van der Waals surface area contributed by atoms with Crippen LogP contribution in [-0.2, 0) is 11.3 Å². The number of hydrogen-bond donors (Lipinski definition) is 1. The summed E-state index contributed by atoms with van der Waals surface area (Å²) in [5.41, 5.74) is 5.41. The Balaban J connectivity index is 1.09. The van der Waals surface area contributed by atoms with Crippen molar-refractivity contribution in [1.82, 2.24) is 19.7 Å². The van der Waals surface area contributed by atoms with Crippen LogP contribution in [0.25, 0.3) is 10.9 Å². The molecule has 0 aliphatic carbocycles. The van der Waals surface area contributed by atoms with E-state index in [1.54, 1.807) is 4.90 Å². The lowest BCUT2D eigenvalue weighted by atomic mass is 9.98. The number of amides is 2. The third-order valence-electron chi connectivity index (χ3n) is 8.07. The largest absolute Gasteiger partial charge is 0.493 e. The van der Waals surface area contributed by atoms with E-state index >= 15 is 0 Å². The zero-order valence-electron chi connectivity index (χ0n) is 23.4. The number of ether oxygens (including phenoxy) is 2. The first-order valence-corrected chi connectivity index (χ1v) is 14.1. The van der Waals surface area contributed by atoms with E-state index in [4.69, 9.17) is 9.47 Å². The molecule has 3 heterocycles. The molecule has 2 amide bonds. The van der Waals surface area contributed by atoms with Gasteiger partial charge in [0.05, 0.1) is 13.2 Å². The number of carbonyl (C=O) groups is 2. The number of nitrogens with zero attached hydrogens (tertiary/aromatic N) is 3. The van der Waals surface area contributed by atoms with Gasteiger partial charge in [-0.2, -0.15) is 0 Å². The minimum absolute atomic E-state index is 0.104. The maximum Gasteiger partial charge on any atom is 0.409 e. The van der Waals surface area contributed by atoms with Gasteiger partial charge in [0.25, 0.3) is 5.91 Å². The highest BCUT2D eigenvalue weighted by molar-refractivity contribution is 5.99. The maximum absolute atomic E-state index is 13.3. The summed E-state index contributed by atoms with van der Waals surface area (Å²) in [6, 6.07) is 14.3. The molecular weight excluding hydrogens is 492 g/mol. The average molecular weight is 533 g/mol. The highest BCUT2D eigenvalue weighted by Crippen LogP contribution is 2.25. The minimum atomic E-state index is -0.215. The van der Waals surface area contributed by atoms with Crippen molar-refractivity contribution < 1.29 is 19.1 Å². The lowest BCUT2D eigenvalue weighted by Gasteiger charge is -2.34. The second-order valence-electron chi connectivity index (χ2n) is 10.8. The fourth-order valence-electron chi connectivity index (χ4n) is 5.63. The number of nitrogens with one attached hydrogen (secondary N) is 1. The smallest absolute Gasteiger partial charge is 0.409 e. The zero-order chi connectivity index (χ0) is 27.4. The summed E-state index contributed by atoms with van der Waals surface area (Å²) in [6.07, 6.45) is 1.84. The molecule has 0 unspecified atom stereocenters. The van der Waals surface area contributed by atoms with Crippen molar-refractivity contribution in [3.05, 3.63) is 64.8 Å².